The molecule has 0 fully saturated rings. The SMILES string of the molecule is Cc1nn2c(c1C(=O)c1ccccc1)COC(c1ccccc1)=C2c1ccccc1. The van der Waals surface area contributed by atoms with Gasteiger partial charge in [-0.3, -0.25) is 4.79 Å². The zero-order valence-corrected chi connectivity index (χ0v) is 16.6. The van der Waals surface area contributed by atoms with Gasteiger partial charge in [0.25, 0.3) is 0 Å². The van der Waals surface area contributed by atoms with Gasteiger partial charge in [-0.25, -0.2) is 4.68 Å². The quantitative estimate of drug-likeness (QED) is 0.441. The van der Waals surface area contributed by atoms with E-state index < -0.39 is 0 Å². The van der Waals surface area contributed by atoms with Crippen LogP contribution in [0.25, 0.3) is 11.5 Å². The number of fused-ring (bicyclic) bond motifs is 1. The molecule has 0 spiro atoms. The Morgan fingerprint density at radius 3 is 2.03 bits per heavy atom. The molecule has 4 nitrogen and oxygen atoms in total. The van der Waals surface area contributed by atoms with Gasteiger partial charge < -0.3 is 4.74 Å². The maximum atomic E-state index is 13.3. The van der Waals surface area contributed by atoms with E-state index in [0.717, 1.165) is 28.3 Å². The van der Waals surface area contributed by atoms with Gasteiger partial charge in [0.1, 0.15) is 12.3 Å². The summed E-state index contributed by atoms with van der Waals surface area (Å²) < 4.78 is 8.15. The molecule has 0 saturated heterocycles. The first kappa shape index (κ1) is 18.1. The molecule has 0 radical (unpaired) electrons. The molecule has 146 valence electrons. The lowest BCUT2D eigenvalue weighted by Crippen LogP contribution is -2.17. The largest absolute Gasteiger partial charge is 0.484 e. The number of ether oxygens (including phenoxy) is 1. The number of hydrogen-bond donors (Lipinski definition) is 0. The maximum Gasteiger partial charge on any atom is 0.196 e. The molecule has 3 aromatic carbocycles. The molecule has 1 aromatic heterocycles. The predicted octanol–water partition coefficient (Wildman–Crippen LogP) is 5.33. The van der Waals surface area contributed by atoms with E-state index in [1.54, 1.807) is 0 Å². The van der Waals surface area contributed by atoms with Crippen LogP contribution in [0, 0.1) is 6.92 Å². The van der Waals surface area contributed by atoms with Crippen molar-refractivity contribution in [3.05, 3.63) is 125 Å². The number of hydrogen-bond acceptors (Lipinski definition) is 3. The van der Waals surface area contributed by atoms with Crippen molar-refractivity contribution in [1.82, 2.24) is 9.78 Å². The van der Waals surface area contributed by atoms with Crippen LogP contribution in [-0.4, -0.2) is 15.6 Å². The van der Waals surface area contributed by atoms with Crippen LogP contribution in [0.1, 0.15) is 38.4 Å². The summed E-state index contributed by atoms with van der Waals surface area (Å²) >= 11 is 0. The second-order valence-corrected chi connectivity index (χ2v) is 7.21. The fourth-order valence-corrected chi connectivity index (χ4v) is 3.89. The van der Waals surface area contributed by atoms with Gasteiger partial charge in [0.05, 0.1) is 17.0 Å². The minimum atomic E-state index is -0.0338. The van der Waals surface area contributed by atoms with Crippen LogP contribution in [0.3, 0.4) is 0 Å². The molecule has 30 heavy (non-hydrogen) atoms. The zero-order chi connectivity index (χ0) is 20.5. The van der Waals surface area contributed by atoms with E-state index in [1.165, 1.54) is 0 Å². The lowest BCUT2D eigenvalue weighted by Gasteiger charge is -2.24. The van der Waals surface area contributed by atoms with Crippen molar-refractivity contribution < 1.29 is 9.53 Å². The molecule has 0 saturated carbocycles. The van der Waals surface area contributed by atoms with Gasteiger partial charge in [-0.1, -0.05) is 91.0 Å². The third-order valence-corrected chi connectivity index (χ3v) is 5.28. The van der Waals surface area contributed by atoms with Crippen molar-refractivity contribution in [2.75, 3.05) is 0 Å². The number of aryl methyl sites for hydroxylation is 1. The van der Waals surface area contributed by atoms with Gasteiger partial charge >= 0.3 is 0 Å². The topological polar surface area (TPSA) is 44.1 Å². The van der Waals surface area contributed by atoms with Crippen LogP contribution in [0.2, 0.25) is 0 Å². The van der Waals surface area contributed by atoms with E-state index in [1.807, 2.05) is 103 Å². The van der Waals surface area contributed by atoms with E-state index >= 15 is 0 Å². The van der Waals surface area contributed by atoms with Crippen LogP contribution in [-0.2, 0) is 11.3 Å². The molecule has 0 aliphatic carbocycles. The minimum absolute atomic E-state index is 0.0338. The summed E-state index contributed by atoms with van der Waals surface area (Å²) in [7, 11) is 0. The smallest absolute Gasteiger partial charge is 0.196 e. The van der Waals surface area contributed by atoms with Crippen molar-refractivity contribution in [1.29, 1.82) is 0 Å². The summed E-state index contributed by atoms with van der Waals surface area (Å²) in [5.41, 5.74) is 5.55. The summed E-state index contributed by atoms with van der Waals surface area (Å²) in [5.74, 6) is 0.726. The molecule has 4 aromatic rings. The van der Waals surface area contributed by atoms with E-state index in [2.05, 4.69) is 0 Å². The summed E-state index contributed by atoms with van der Waals surface area (Å²) in [4.78, 5) is 13.3. The number of carbonyl (C=O) groups excluding carboxylic acids is 1. The first-order chi connectivity index (χ1) is 14.7. The first-order valence-electron chi connectivity index (χ1n) is 9.90. The van der Waals surface area contributed by atoms with Crippen molar-refractivity contribution in [3.8, 4) is 0 Å². The summed E-state index contributed by atoms with van der Waals surface area (Å²) in [6.07, 6.45) is 0. The van der Waals surface area contributed by atoms with Gasteiger partial charge in [-0.2, -0.15) is 5.10 Å². The van der Waals surface area contributed by atoms with Crippen LogP contribution < -0.4 is 0 Å². The molecule has 0 N–H and O–H groups in total. The predicted molar refractivity (Wildman–Crippen MR) is 117 cm³/mol. The Balaban J connectivity index is 1.73. The van der Waals surface area contributed by atoms with Crippen molar-refractivity contribution in [2.45, 2.75) is 13.5 Å². The number of aromatic nitrogens is 2. The van der Waals surface area contributed by atoms with Gasteiger partial charge in [-0.15, -0.1) is 0 Å². The highest BCUT2D eigenvalue weighted by Gasteiger charge is 2.30. The third kappa shape index (κ3) is 3.03. The fourth-order valence-electron chi connectivity index (χ4n) is 3.89. The minimum Gasteiger partial charge on any atom is -0.484 e. The van der Waals surface area contributed by atoms with Gasteiger partial charge in [0.2, 0.25) is 0 Å². The van der Waals surface area contributed by atoms with Gasteiger partial charge in [0.15, 0.2) is 11.5 Å². The molecular formula is C26H20N2O2. The van der Waals surface area contributed by atoms with Gasteiger partial charge in [0, 0.05) is 16.7 Å². The molecule has 4 heteroatoms. The number of ketones is 1. The second kappa shape index (κ2) is 7.48. The Kier molecular flexibility index (Phi) is 4.52. The Hall–Kier alpha value is -3.92. The standard InChI is InChI=1S/C26H20N2O2/c1-18-23(25(29)20-13-7-3-8-14-20)22-17-30-26(21-15-9-4-10-16-21)24(28(22)27-18)19-11-5-2-6-12-19/h2-16H,17H2,1H3. The average Bonchev–Trinajstić information content (AvgIpc) is 3.15. The Morgan fingerprint density at radius 2 is 1.40 bits per heavy atom. The molecule has 0 bridgehead atoms. The Labute approximate surface area is 175 Å². The number of rotatable bonds is 4. The molecule has 0 atom stereocenters. The highest BCUT2D eigenvalue weighted by Crippen LogP contribution is 2.36. The summed E-state index contributed by atoms with van der Waals surface area (Å²) in [6.45, 7) is 2.17. The molecule has 0 unspecified atom stereocenters. The van der Waals surface area contributed by atoms with Crippen LogP contribution in [0.4, 0.5) is 0 Å². The Morgan fingerprint density at radius 1 is 0.833 bits per heavy atom. The van der Waals surface area contributed by atoms with E-state index in [0.29, 0.717) is 16.8 Å². The summed E-state index contributed by atoms with van der Waals surface area (Å²) in [5, 5.41) is 4.79. The van der Waals surface area contributed by atoms with Crippen molar-refractivity contribution >= 4 is 17.2 Å². The van der Waals surface area contributed by atoms with E-state index in [9.17, 15) is 4.79 Å². The normalized spacial score (nSPS) is 13.0. The van der Waals surface area contributed by atoms with Crippen molar-refractivity contribution in [3.63, 3.8) is 0 Å². The molecule has 2 heterocycles. The van der Waals surface area contributed by atoms with Crippen LogP contribution in [0.5, 0.6) is 0 Å². The highest BCUT2D eigenvalue weighted by molar-refractivity contribution is 6.11. The maximum absolute atomic E-state index is 13.3. The average molecular weight is 392 g/mol. The van der Waals surface area contributed by atoms with E-state index in [-0.39, 0.29) is 12.4 Å². The molecular weight excluding hydrogens is 372 g/mol. The lowest BCUT2D eigenvalue weighted by molar-refractivity contribution is 0.103. The zero-order valence-electron chi connectivity index (χ0n) is 16.6. The van der Waals surface area contributed by atoms with Crippen molar-refractivity contribution in [2.24, 2.45) is 0 Å². The van der Waals surface area contributed by atoms with Crippen LogP contribution >= 0.6 is 0 Å². The highest BCUT2D eigenvalue weighted by atomic mass is 16.5. The monoisotopic (exact) mass is 392 g/mol. The number of nitrogens with zero attached hydrogens (tertiary/aromatic N) is 2. The Bertz CT molecular complexity index is 1240. The first-order valence-corrected chi connectivity index (χ1v) is 9.90. The molecule has 1 aliphatic heterocycles. The number of carbonyl (C=O) groups is 1. The molecule has 1 aliphatic rings. The summed E-state index contributed by atoms with van der Waals surface area (Å²) in [6, 6.07) is 29.4. The van der Waals surface area contributed by atoms with E-state index in [4.69, 9.17) is 9.84 Å². The second-order valence-electron chi connectivity index (χ2n) is 7.21. The fraction of sp³-hybridized carbons (Fsp3) is 0.0769. The number of benzene rings is 3. The van der Waals surface area contributed by atoms with Gasteiger partial charge in [-0.05, 0) is 6.92 Å². The molecule has 5 rings (SSSR count). The third-order valence-electron chi connectivity index (χ3n) is 5.28. The lowest BCUT2D eigenvalue weighted by atomic mass is 10.00. The van der Waals surface area contributed by atoms with Crippen LogP contribution in [0.15, 0.2) is 91.0 Å². The molecule has 0 amide bonds.